The van der Waals surface area contributed by atoms with Gasteiger partial charge < -0.3 is 0 Å². The van der Waals surface area contributed by atoms with Gasteiger partial charge in [0.05, 0.1) is 0 Å². The van der Waals surface area contributed by atoms with Crippen molar-refractivity contribution >= 4 is 5.78 Å². The second kappa shape index (κ2) is 3.23. The van der Waals surface area contributed by atoms with E-state index in [9.17, 15) is 9.18 Å². The normalized spacial score (nSPS) is 9.64. The number of pyridine rings is 1. The molecule has 0 radical (unpaired) electrons. The maximum atomic E-state index is 12.2. The molecule has 0 N–H and O–H groups in total. The smallest absolute Gasteiger partial charge is 0.212 e. The van der Waals surface area contributed by atoms with Gasteiger partial charge in [-0.05, 0) is 12.1 Å². The van der Waals surface area contributed by atoms with Gasteiger partial charge in [-0.15, -0.1) is 0 Å². The van der Waals surface area contributed by atoms with Gasteiger partial charge >= 0.3 is 0 Å². The monoisotopic (exact) mass is 153 g/mol. The van der Waals surface area contributed by atoms with Crippen molar-refractivity contribution in [1.29, 1.82) is 0 Å². The number of nitrogens with zero attached hydrogens (tertiary/aromatic N) is 1. The highest BCUT2D eigenvalue weighted by Crippen LogP contribution is 2.01. The van der Waals surface area contributed by atoms with Gasteiger partial charge in [-0.1, -0.05) is 6.92 Å². The molecule has 0 bridgehead atoms. The molecule has 58 valence electrons. The topological polar surface area (TPSA) is 30.0 Å². The Labute approximate surface area is 64.1 Å². The molecular weight excluding hydrogens is 145 g/mol. The number of hydrogen-bond donors (Lipinski definition) is 0. The Morgan fingerprint density at radius 2 is 2.36 bits per heavy atom. The number of ketones is 1. The summed E-state index contributed by atoms with van der Waals surface area (Å²) < 4.78 is 12.2. The third-order valence-electron chi connectivity index (χ3n) is 1.37. The molecule has 1 aromatic heterocycles. The summed E-state index contributed by atoms with van der Waals surface area (Å²) in [5.74, 6) is -0.574. The fraction of sp³-hybridized carbons (Fsp3) is 0.250. The molecule has 3 heteroatoms. The molecule has 2 nitrogen and oxygen atoms in total. The van der Waals surface area contributed by atoms with Crippen molar-refractivity contribution in [3.05, 3.63) is 29.8 Å². The number of hydrogen-bond acceptors (Lipinski definition) is 2. The maximum Gasteiger partial charge on any atom is 0.212 e. The Morgan fingerprint density at radius 3 is 2.82 bits per heavy atom. The third kappa shape index (κ3) is 1.83. The molecule has 0 spiro atoms. The van der Waals surface area contributed by atoms with E-state index in [2.05, 4.69) is 4.98 Å². The molecule has 0 saturated heterocycles. The minimum atomic E-state index is -0.558. The fourth-order valence-electron chi connectivity index (χ4n) is 0.745. The lowest BCUT2D eigenvalue weighted by molar-refractivity contribution is 0.0987. The van der Waals surface area contributed by atoms with Gasteiger partial charge in [0, 0.05) is 18.2 Å². The van der Waals surface area contributed by atoms with E-state index in [1.165, 1.54) is 18.3 Å². The number of Topliss-reactive ketones (excluding diaryl/α,β-unsaturated/α-hetero) is 1. The molecular formula is C8H8FNO. The maximum absolute atomic E-state index is 12.2. The Bertz CT molecular complexity index is 255. The van der Waals surface area contributed by atoms with E-state index in [1.54, 1.807) is 6.92 Å². The molecule has 0 aromatic carbocycles. The largest absolute Gasteiger partial charge is 0.294 e. The Kier molecular flexibility index (Phi) is 2.31. The van der Waals surface area contributed by atoms with Crippen molar-refractivity contribution in [3.63, 3.8) is 0 Å². The van der Waals surface area contributed by atoms with Crippen molar-refractivity contribution < 1.29 is 9.18 Å². The van der Waals surface area contributed by atoms with E-state index in [-0.39, 0.29) is 5.78 Å². The molecule has 0 aliphatic heterocycles. The zero-order valence-electron chi connectivity index (χ0n) is 6.17. The van der Waals surface area contributed by atoms with Crippen molar-refractivity contribution in [2.75, 3.05) is 0 Å². The highest BCUT2D eigenvalue weighted by molar-refractivity contribution is 5.95. The van der Waals surface area contributed by atoms with Crippen LogP contribution in [-0.2, 0) is 0 Å². The van der Waals surface area contributed by atoms with Crippen molar-refractivity contribution in [1.82, 2.24) is 4.98 Å². The van der Waals surface area contributed by atoms with Gasteiger partial charge in [0.2, 0.25) is 5.95 Å². The van der Waals surface area contributed by atoms with Crippen LogP contribution in [0.4, 0.5) is 4.39 Å². The Balaban J connectivity index is 2.90. The molecule has 0 atom stereocenters. The number of carbonyl (C=O) groups is 1. The van der Waals surface area contributed by atoms with Crippen LogP contribution in [0.25, 0.3) is 0 Å². The first-order chi connectivity index (χ1) is 5.24. The van der Waals surface area contributed by atoms with E-state index in [4.69, 9.17) is 0 Å². The summed E-state index contributed by atoms with van der Waals surface area (Å²) in [6.07, 6.45) is 1.68. The second-order valence-corrected chi connectivity index (χ2v) is 2.15. The lowest BCUT2D eigenvalue weighted by Gasteiger charge is -1.94. The highest BCUT2D eigenvalue weighted by atomic mass is 19.1. The number of aromatic nitrogens is 1. The van der Waals surface area contributed by atoms with Crippen LogP contribution < -0.4 is 0 Å². The molecule has 11 heavy (non-hydrogen) atoms. The van der Waals surface area contributed by atoms with E-state index in [0.29, 0.717) is 12.0 Å². The van der Waals surface area contributed by atoms with Gasteiger partial charge in [-0.3, -0.25) is 4.79 Å². The predicted octanol–water partition coefficient (Wildman–Crippen LogP) is 1.81. The lowest BCUT2D eigenvalue weighted by atomic mass is 10.1. The molecule has 0 fully saturated rings. The van der Waals surface area contributed by atoms with Crippen LogP contribution in [0.15, 0.2) is 18.3 Å². The Hall–Kier alpha value is -1.25. The molecule has 0 saturated carbocycles. The summed E-state index contributed by atoms with van der Waals surface area (Å²) >= 11 is 0. The first-order valence-corrected chi connectivity index (χ1v) is 3.38. The summed E-state index contributed by atoms with van der Waals surface area (Å²) in [5, 5.41) is 0. The summed E-state index contributed by atoms with van der Waals surface area (Å²) in [7, 11) is 0. The highest BCUT2D eigenvalue weighted by Gasteiger charge is 2.01. The molecule has 0 unspecified atom stereocenters. The standard InChI is InChI=1S/C8H8FNO/c1-2-7(11)6-3-4-8(9)10-5-6/h3-5H,2H2,1H3. The predicted molar refractivity (Wildman–Crippen MR) is 38.8 cm³/mol. The van der Waals surface area contributed by atoms with Crippen LogP contribution in [0.2, 0.25) is 0 Å². The van der Waals surface area contributed by atoms with E-state index in [1.807, 2.05) is 0 Å². The average molecular weight is 153 g/mol. The average Bonchev–Trinajstić information content (AvgIpc) is 2.05. The minimum absolute atomic E-state index is 0.0162. The summed E-state index contributed by atoms with van der Waals surface area (Å²) in [4.78, 5) is 14.3. The van der Waals surface area contributed by atoms with Gasteiger partial charge in [0.25, 0.3) is 0 Å². The number of carbonyl (C=O) groups excluding carboxylic acids is 1. The van der Waals surface area contributed by atoms with Crippen LogP contribution in [-0.4, -0.2) is 10.8 Å². The molecule has 1 rings (SSSR count). The van der Waals surface area contributed by atoms with Gasteiger partial charge in [-0.25, -0.2) is 4.98 Å². The fourth-order valence-corrected chi connectivity index (χ4v) is 0.745. The van der Waals surface area contributed by atoms with Crippen molar-refractivity contribution in [2.45, 2.75) is 13.3 Å². The first-order valence-electron chi connectivity index (χ1n) is 3.38. The zero-order valence-corrected chi connectivity index (χ0v) is 6.17. The number of halogens is 1. The van der Waals surface area contributed by atoms with E-state index < -0.39 is 5.95 Å². The van der Waals surface area contributed by atoms with Gasteiger partial charge in [0.15, 0.2) is 5.78 Å². The summed E-state index contributed by atoms with van der Waals surface area (Å²) in [6.45, 7) is 1.76. The molecule has 0 amide bonds. The molecule has 0 aliphatic rings. The van der Waals surface area contributed by atoms with Crippen LogP contribution >= 0.6 is 0 Å². The van der Waals surface area contributed by atoms with E-state index >= 15 is 0 Å². The molecule has 0 aliphatic carbocycles. The molecule has 1 aromatic rings. The minimum Gasteiger partial charge on any atom is -0.294 e. The number of rotatable bonds is 2. The Morgan fingerprint density at radius 1 is 1.64 bits per heavy atom. The van der Waals surface area contributed by atoms with E-state index in [0.717, 1.165) is 0 Å². The lowest BCUT2D eigenvalue weighted by Crippen LogP contribution is -1.97. The third-order valence-corrected chi connectivity index (χ3v) is 1.37. The summed E-state index contributed by atoms with van der Waals surface area (Å²) in [5.41, 5.74) is 0.467. The zero-order chi connectivity index (χ0) is 8.27. The van der Waals surface area contributed by atoms with Crippen molar-refractivity contribution in [2.24, 2.45) is 0 Å². The van der Waals surface area contributed by atoms with Crippen LogP contribution in [0.5, 0.6) is 0 Å². The van der Waals surface area contributed by atoms with Crippen LogP contribution in [0.1, 0.15) is 23.7 Å². The van der Waals surface area contributed by atoms with Gasteiger partial charge in [0.1, 0.15) is 0 Å². The second-order valence-electron chi connectivity index (χ2n) is 2.15. The van der Waals surface area contributed by atoms with Gasteiger partial charge in [-0.2, -0.15) is 4.39 Å². The summed E-state index contributed by atoms with van der Waals surface area (Å²) in [6, 6.07) is 2.62. The molecule has 1 heterocycles. The van der Waals surface area contributed by atoms with Crippen LogP contribution in [0.3, 0.4) is 0 Å². The quantitative estimate of drug-likeness (QED) is 0.479. The first kappa shape index (κ1) is 7.85. The SMILES string of the molecule is CCC(=O)c1ccc(F)nc1. The van der Waals surface area contributed by atoms with Crippen molar-refractivity contribution in [3.8, 4) is 0 Å². The van der Waals surface area contributed by atoms with Crippen LogP contribution in [0, 0.1) is 5.95 Å².